The zero-order valence-electron chi connectivity index (χ0n) is 10.6. The predicted octanol–water partition coefficient (Wildman–Crippen LogP) is 4.96. The Morgan fingerprint density at radius 3 is 2.33 bits per heavy atom. The third-order valence-corrected chi connectivity index (χ3v) is 5.95. The molecule has 0 aliphatic rings. The molecule has 0 aliphatic heterocycles. The monoisotopic (exact) mass is 291 g/mol. The Morgan fingerprint density at radius 1 is 1.33 bits per heavy atom. The molecule has 18 heavy (non-hydrogen) atoms. The summed E-state index contributed by atoms with van der Waals surface area (Å²) in [6, 6.07) is 5.17. The quantitative estimate of drug-likeness (QED) is 0.574. The summed E-state index contributed by atoms with van der Waals surface area (Å²) in [4.78, 5) is 4.15. The first-order valence-corrected chi connectivity index (χ1v) is 9.86. The fourth-order valence-corrected chi connectivity index (χ4v) is 5.72. The Bertz CT molecular complexity index is 398. The van der Waals surface area contributed by atoms with Gasteiger partial charge in [0.2, 0.25) is 0 Å². The van der Waals surface area contributed by atoms with Gasteiger partial charge in [0, 0.05) is 6.20 Å². The van der Waals surface area contributed by atoms with Gasteiger partial charge in [-0.2, -0.15) is 13.2 Å². The lowest BCUT2D eigenvalue weighted by atomic mass is 10.4. The van der Waals surface area contributed by atoms with Crippen LogP contribution >= 0.6 is 11.8 Å². The highest BCUT2D eigenvalue weighted by Gasteiger charge is 2.49. The highest BCUT2D eigenvalue weighted by Crippen LogP contribution is 2.48. The Hall–Kier alpha value is -0.753. The Morgan fingerprint density at radius 2 is 1.94 bits per heavy atom. The number of thioether (sulfide) groups is 1. The second kappa shape index (κ2) is 5.48. The second-order valence-electron chi connectivity index (χ2n) is 5.08. The molecule has 1 rings (SSSR count). The van der Waals surface area contributed by atoms with Gasteiger partial charge in [-0.3, -0.25) is 0 Å². The van der Waals surface area contributed by atoms with E-state index in [0.717, 1.165) is 11.8 Å². The van der Waals surface area contributed by atoms with Crippen LogP contribution in [0.5, 0.6) is 0 Å². The van der Waals surface area contributed by atoms with E-state index in [2.05, 4.69) is 11.6 Å². The first-order valence-electron chi connectivity index (χ1n) is 5.47. The van der Waals surface area contributed by atoms with Crippen molar-refractivity contribution in [3.63, 3.8) is 0 Å². The molecule has 0 aromatic carbocycles. The largest absolute Gasteiger partial charge is 0.393 e. The smallest absolute Gasteiger partial charge is 0.250 e. The molecule has 6 heteroatoms. The summed E-state index contributed by atoms with van der Waals surface area (Å²) >= 11 is 1.01. The molecule has 1 heterocycles. The Labute approximate surface area is 111 Å². The highest BCUT2D eigenvalue weighted by molar-refractivity contribution is 8.03. The maximum absolute atomic E-state index is 13.1. The van der Waals surface area contributed by atoms with Gasteiger partial charge in [0.25, 0.3) is 0 Å². The van der Waals surface area contributed by atoms with Gasteiger partial charge in [0.1, 0.15) is 5.03 Å². The van der Waals surface area contributed by atoms with E-state index in [1.165, 1.54) is 0 Å². The Kier molecular flexibility index (Phi) is 4.66. The molecule has 1 nitrogen and oxygen atoms in total. The van der Waals surface area contributed by atoms with Crippen LogP contribution in [0.4, 0.5) is 13.2 Å². The third-order valence-electron chi connectivity index (χ3n) is 2.39. The summed E-state index contributed by atoms with van der Waals surface area (Å²) in [6.45, 7) is 8.73. The minimum absolute atomic E-state index is 0.139. The summed E-state index contributed by atoms with van der Waals surface area (Å²) in [5.41, 5.74) is -1.42. The van der Waals surface area contributed by atoms with Gasteiger partial charge in [-0.25, -0.2) is 4.98 Å². The normalized spacial score (nSPS) is 14.3. The van der Waals surface area contributed by atoms with E-state index in [9.17, 15) is 13.2 Å². The first-order chi connectivity index (χ1) is 8.12. The molecule has 1 aromatic heterocycles. The van der Waals surface area contributed by atoms with Gasteiger partial charge in [-0.15, -0.1) is 0 Å². The van der Waals surface area contributed by atoms with Crippen molar-refractivity contribution in [1.82, 2.24) is 4.98 Å². The maximum atomic E-state index is 13.1. The fraction of sp³-hybridized carbons (Fsp3) is 0.417. The van der Waals surface area contributed by atoms with Gasteiger partial charge in [0.15, 0.2) is 0 Å². The Balaban J connectivity index is 2.92. The van der Waals surface area contributed by atoms with Crippen LogP contribution in [0, 0.1) is 0 Å². The van der Waals surface area contributed by atoms with E-state index >= 15 is 0 Å². The molecule has 1 atom stereocenters. The van der Waals surface area contributed by atoms with Crippen molar-refractivity contribution in [2.24, 2.45) is 0 Å². The summed E-state index contributed by atoms with van der Waals surface area (Å²) < 4.78 is 39.3. The number of rotatable bonds is 4. The van der Waals surface area contributed by atoms with Crippen molar-refractivity contribution < 1.29 is 13.2 Å². The lowest BCUT2D eigenvalue weighted by Crippen LogP contribution is -2.38. The summed E-state index contributed by atoms with van der Waals surface area (Å²) in [7, 11) is -2.41. The lowest BCUT2D eigenvalue weighted by Gasteiger charge is -2.31. The molecular formula is C12H16F3NSSi. The number of aromatic nitrogens is 1. The molecule has 0 saturated carbocycles. The van der Waals surface area contributed by atoms with Crippen LogP contribution in [0.2, 0.25) is 25.2 Å². The molecule has 1 unspecified atom stereocenters. The molecule has 0 aliphatic carbocycles. The molecule has 0 bridgehead atoms. The SMILES string of the molecule is C=C(Sc1ccccn1)C(C(F)(F)F)[Si](C)(C)C. The van der Waals surface area contributed by atoms with Crippen LogP contribution in [-0.4, -0.2) is 19.2 Å². The van der Waals surface area contributed by atoms with Crippen molar-refractivity contribution >= 4 is 19.8 Å². The van der Waals surface area contributed by atoms with Crippen LogP contribution in [0.1, 0.15) is 0 Å². The van der Waals surface area contributed by atoms with E-state index in [1.54, 1.807) is 44.0 Å². The van der Waals surface area contributed by atoms with E-state index in [-0.39, 0.29) is 4.91 Å². The number of alkyl halides is 3. The molecule has 0 spiro atoms. The predicted molar refractivity (Wildman–Crippen MR) is 72.4 cm³/mol. The van der Waals surface area contributed by atoms with Crippen molar-refractivity contribution in [1.29, 1.82) is 0 Å². The molecule has 100 valence electrons. The standard InChI is InChI=1S/C12H16F3NSSi/c1-9(17-10-7-5-6-8-16-10)11(12(13,14)15)18(2,3)4/h5-8,11H,1H2,2-4H3. The van der Waals surface area contributed by atoms with Crippen LogP contribution in [0.15, 0.2) is 40.9 Å². The maximum Gasteiger partial charge on any atom is 0.393 e. The van der Waals surface area contributed by atoms with Gasteiger partial charge >= 0.3 is 6.18 Å². The number of allylic oxidation sites excluding steroid dienone is 1. The molecule has 0 radical (unpaired) electrons. The first kappa shape index (κ1) is 15.3. The van der Waals surface area contributed by atoms with E-state index in [0.29, 0.717) is 5.03 Å². The van der Waals surface area contributed by atoms with E-state index in [1.807, 2.05) is 0 Å². The molecular weight excluding hydrogens is 275 g/mol. The van der Waals surface area contributed by atoms with Crippen LogP contribution in [0.3, 0.4) is 0 Å². The van der Waals surface area contributed by atoms with Crippen LogP contribution in [0.25, 0.3) is 0 Å². The number of pyridine rings is 1. The van der Waals surface area contributed by atoms with Gasteiger partial charge < -0.3 is 0 Å². The molecule has 0 amide bonds. The van der Waals surface area contributed by atoms with Crippen molar-refractivity contribution in [3.05, 3.63) is 35.9 Å². The number of nitrogens with zero attached hydrogens (tertiary/aromatic N) is 1. The highest BCUT2D eigenvalue weighted by atomic mass is 32.2. The average molecular weight is 291 g/mol. The number of hydrogen-bond acceptors (Lipinski definition) is 2. The third kappa shape index (κ3) is 4.17. The summed E-state index contributed by atoms with van der Waals surface area (Å²) in [5, 5.41) is 0.551. The van der Waals surface area contributed by atoms with Gasteiger partial charge in [0.05, 0.1) is 13.6 Å². The van der Waals surface area contributed by atoms with Crippen molar-refractivity contribution in [2.45, 2.75) is 36.4 Å². The number of halogens is 3. The molecule has 0 fully saturated rings. The second-order valence-corrected chi connectivity index (χ2v) is 11.5. The number of hydrogen-bond donors (Lipinski definition) is 0. The lowest BCUT2D eigenvalue weighted by molar-refractivity contribution is -0.126. The molecule has 0 saturated heterocycles. The zero-order chi connectivity index (χ0) is 14.0. The van der Waals surface area contributed by atoms with E-state index < -0.39 is 19.8 Å². The van der Waals surface area contributed by atoms with Crippen molar-refractivity contribution in [2.75, 3.05) is 0 Å². The van der Waals surface area contributed by atoms with Crippen molar-refractivity contribution in [3.8, 4) is 0 Å². The summed E-state index contributed by atoms with van der Waals surface area (Å²) in [5.74, 6) is 0. The van der Waals surface area contributed by atoms with Gasteiger partial charge in [-0.05, 0) is 17.0 Å². The summed E-state index contributed by atoms with van der Waals surface area (Å²) in [6.07, 6.45) is -2.67. The van der Waals surface area contributed by atoms with Crippen LogP contribution in [-0.2, 0) is 0 Å². The fourth-order valence-electron chi connectivity index (χ4n) is 1.76. The van der Waals surface area contributed by atoms with Crippen LogP contribution < -0.4 is 0 Å². The van der Waals surface area contributed by atoms with E-state index in [4.69, 9.17) is 0 Å². The average Bonchev–Trinajstić information content (AvgIpc) is 2.13. The zero-order valence-corrected chi connectivity index (χ0v) is 12.4. The minimum atomic E-state index is -4.23. The minimum Gasteiger partial charge on any atom is -0.250 e. The van der Waals surface area contributed by atoms with Gasteiger partial charge in [-0.1, -0.05) is 44.0 Å². The topological polar surface area (TPSA) is 12.9 Å². The molecule has 1 aromatic rings. The molecule has 0 N–H and O–H groups in total.